The molecule has 180 valence electrons. The molecular weight excluding hydrogens is 442 g/mol. The van der Waals surface area contributed by atoms with Crippen molar-refractivity contribution in [3.05, 3.63) is 59.2 Å². The summed E-state index contributed by atoms with van der Waals surface area (Å²) in [6.07, 6.45) is 0.612. The highest BCUT2D eigenvalue weighted by Crippen LogP contribution is 2.25. The highest BCUT2D eigenvalue weighted by molar-refractivity contribution is 7.89. The molecule has 1 saturated heterocycles. The van der Waals surface area contributed by atoms with Gasteiger partial charge < -0.3 is 14.8 Å². The number of rotatable bonds is 10. The quantitative estimate of drug-likeness (QED) is 0.566. The molecule has 1 amide bonds. The Hall–Kier alpha value is -2.46. The lowest BCUT2D eigenvalue weighted by atomic mass is 10.1. The van der Waals surface area contributed by atoms with Crippen molar-refractivity contribution in [2.24, 2.45) is 0 Å². The number of sulfonamides is 1. The van der Waals surface area contributed by atoms with E-state index in [2.05, 4.69) is 22.3 Å². The minimum Gasteiger partial charge on any atom is -0.496 e. The van der Waals surface area contributed by atoms with Crippen LogP contribution in [0.1, 0.15) is 23.1 Å². The van der Waals surface area contributed by atoms with Crippen LogP contribution in [0.15, 0.2) is 47.4 Å². The second-order valence-electron chi connectivity index (χ2n) is 8.24. The van der Waals surface area contributed by atoms with Crippen molar-refractivity contribution < 1.29 is 22.7 Å². The smallest absolute Gasteiger partial charge is 0.242 e. The summed E-state index contributed by atoms with van der Waals surface area (Å²) in [5.74, 6) is 0.465. The fraction of sp³-hybridized carbons (Fsp3) is 0.458. The number of nitrogens with one attached hydrogen (secondary N) is 1. The Bertz CT molecular complexity index is 1030. The van der Waals surface area contributed by atoms with Gasteiger partial charge in [-0.15, -0.1) is 0 Å². The molecule has 0 unspecified atom stereocenters. The van der Waals surface area contributed by atoms with Gasteiger partial charge >= 0.3 is 0 Å². The van der Waals surface area contributed by atoms with Crippen LogP contribution in [0.2, 0.25) is 0 Å². The number of morpholine rings is 1. The zero-order valence-corrected chi connectivity index (χ0v) is 20.4. The number of hydrogen-bond donors (Lipinski definition) is 1. The molecule has 1 N–H and O–H groups in total. The topological polar surface area (TPSA) is 88.2 Å². The van der Waals surface area contributed by atoms with Crippen molar-refractivity contribution in [3.63, 3.8) is 0 Å². The van der Waals surface area contributed by atoms with Crippen LogP contribution in [0, 0.1) is 0 Å². The highest BCUT2D eigenvalue weighted by atomic mass is 32.2. The van der Waals surface area contributed by atoms with Crippen LogP contribution >= 0.6 is 0 Å². The molecular formula is C24H33N3O5S. The number of aryl methyl sites for hydroxylation is 1. The molecule has 0 radical (unpaired) electrons. The molecule has 0 aliphatic carbocycles. The van der Waals surface area contributed by atoms with Crippen molar-refractivity contribution in [2.75, 3.05) is 47.5 Å². The number of ether oxygens (including phenoxy) is 2. The van der Waals surface area contributed by atoms with Gasteiger partial charge in [-0.05, 0) is 41.3 Å². The van der Waals surface area contributed by atoms with Crippen LogP contribution in [0.5, 0.6) is 5.75 Å². The molecule has 0 spiro atoms. The Labute approximate surface area is 196 Å². The van der Waals surface area contributed by atoms with Crippen LogP contribution in [-0.4, -0.2) is 71.0 Å². The molecule has 9 heteroatoms. The summed E-state index contributed by atoms with van der Waals surface area (Å²) in [7, 11) is 0.951. The molecule has 1 aliphatic heterocycles. The minimum absolute atomic E-state index is 0.102. The number of hydrogen-bond acceptors (Lipinski definition) is 6. The van der Waals surface area contributed by atoms with Gasteiger partial charge in [0.1, 0.15) is 5.75 Å². The van der Waals surface area contributed by atoms with E-state index >= 15 is 0 Å². The molecule has 0 saturated carbocycles. The minimum atomic E-state index is -3.55. The van der Waals surface area contributed by atoms with Crippen LogP contribution in [0.25, 0.3) is 0 Å². The first-order valence-corrected chi connectivity index (χ1v) is 12.5. The van der Waals surface area contributed by atoms with Crippen molar-refractivity contribution in [3.8, 4) is 5.75 Å². The van der Waals surface area contributed by atoms with E-state index in [0.717, 1.165) is 42.7 Å². The summed E-state index contributed by atoms with van der Waals surface area (Å²) < 4.78 is 36.7. The van der Waals surface area contributed by atoms with E-state index < -0.39 is 10.0 Å². The van der Waals surface area contributed by atoms with Gasteiger partial charge in [0.15, 0.2) is 0 Å². The Balaban J connectivity index is 1.52. The predicted octanol–water partition coefficient (Wildman–Crippen LogP) is 2.03. The average Bonchev–Trinajstić information content (AvgIpc) is 2.82. The van der Waals surface area contributed by atoms with Gasteiger partial charge in [-0.2, -0.15) is 0 Å². The molecule has 1 fully saturated rings. The lowest BCUT2D eigenvalue weighted by Gasteiger charge is -2.26. The van der Waals surface area contributed by atoms with Gasteiger partial charge in [0.25, 0.3) is 0 Å². The molecule has 2 aromatic rings. The van der Waals surface area contributed by atoms with Gasteiger partial charge in [0, 0.05) is 46.7 Å². The number of carbonyl (C=O) groups excluding carboxylic acids is 1. The fourth-order valence-electron chi connectivity index (χ4n) is 3.64. The summed E-state index contributed by atoms with van der Waals surface area (Å²) in [4.78, 5) is 15.0. The molecule has 3 rings (SSSR count). The van der Waals surface area contributed by atoms with Crippen LogP contribution in [-0.2, 0) is 39.1 Å². The number of benzene rings is 2. The van der Waals surface area contributed by atoms with Gasteiger partial charge in [0.05, 0.1) is 25.2 Å². The normalized spacial score (nSPS) is 14.9. The van der Waals surface area contributed by atoms with Crippen molar-refractivity contribution >= 4 is 15.9 Å². The Kier molecular flexibility index (Phi) is 8.85. The van der Waals surface area contributed by atoms with Crippen molar-refractivity contribution in [1.82, 2.24) is 14.5 Å². The summed E-state index contributed by atoms with van der Waals surface area (Å²) in [6.45, 7) is 4.82. The zero-order chi connectivity index (χ0) is 23.8. The summed E-state index contributed by atoms with van der Waals surface area (Å²) in [6, 6.07) is 13.0. The molecule has 1 aliphatic rings. The van der Waals surface area contributed by atoms with E-state index in [1.165, 1.54) is 32.8 Å². The molecule has 1 heterocycles. The maximum atomic E-state index is 12.4. The molecule has 0 aromatic heterocycles. The SMILES string of the molecule is COc1ccc(S(=O)(=O)N(C)C)cc1CCC(=O)NCc1ccc(CN2CCOCC2)cc1. The van der Waals surface area contributed by atoms with Gasteiger partial charge in [-0.3, -0.25) is 9.69 Å². The van der Waals surface area contributed by atoms with Crippen molar-refractivity contribution in [2.45, 2.75) is 30.8 Å². The third-order valence-corrected chi connectivity index (χ3v) is 7.49. The number of carbonyl (C=O) groups is 1. The van der Waals surface area contributed by atoms with E-state index in [0.29, 0.717) is 24.3 Å². The predicted molar refractivity (Wildman–Crippen MR) is 127 cm³/mol. The Morgan fingerprint density at radius 2 is 1.76 bits per heavy atom. The summed E-state index contributed by atoms with van der Waals surface area (Å²) in [5, 5.41) is 2.94. The van der Waals surface area contributed by atoms with E-state index in [4.69, 9.17) is 9.47 Å². The first-order valence-electron chi connectivity index (χ1n) is 11.0. The molecule has 2 aromatic carbocycles. The fourth-order valence-corrected chi connectivity index (χ4v) is 4.59. The lowest BCUT2D eigenvalue weighted by molar-refractivity contribution is -0.121. The average molecular weight is 476 g/mol. The second kappa shape index (κ2) is 11.6. The third kappa shape index (κ3) is 7.01. The summed E-state index contributed by atoms with van der Waals surface area (Å²) in [5.41, 5.74) is 2.96. The number of amides is 1. The number of methoxy groups -OCH3 is 1. The lowest BCUT2D eigenvalue weighted by Crippen LogP contribution is -2.35. The number of nitrogens with zero attached hydrogens (tertiary/aromatic N) is 2. The maximum absolute atomic E-state index is 12.4. The van der Waals surface area contributed by atoms with E-state index in [1.807, 2.05) is 12.1 Å². The van der Waals surface area contributed by atoms with Crippen LogP contribution in [0.4, 0.5) is 0 Å². The monoisotopic (exact) mass is 475 g/mol. The van der Waals surface area contributed by atoms with E-state index in [1.54, 1.807) is 12.1 Å². The standard InChI is InChI=1S/C24H33N3O5S/c1-26(2)33(29,30)22-9-10-23(31-3)21(16-22)8-11-24(28)25-17-19-4-6-20(7-5-19)18-27-12-14-32-15-13-27/h4-7,9-10,16H,8,11-15,17-18H2,1-3H3,(H,25,28). The van der Waals surface area contributed by atoms with Gasteiger partial charge in [0.2, 0.25) is 15.9 Å². The maximum Gasteiger partial charge on any atom is 0.242 e. The molecule has 8 nitrogen and oxygen atoms in total. The van der Waals surface area contributed by atoms with Crippen molar-refractivity contribution in [1.29, 1.82) is 0 Å². The van der Waals surface area contributed by atoms with Gasteiger partial charge in [-0.25, -0.2) is 12.7 Å². The Morgan fingerprint density at radius 3 is 2.39 bits per heavy atom. The van der Waals surface area contributed by atoms with Crippen LogP contribution in [0.3, 0.4) is 0 Å². The van der Waals surface area contributed by atoms with Crippen LogP contribution < -0.4 is 10.1 Å². The molecule has 0 atom stereocenters. The molecule has 0 bridgehead atoms. The van der Waals surface area contributed by atoms with Gasteiger partial charge in [-0.1, -0.05) is 24.3 Å². The zero-order valence-electron chi connectivity index (χ0n) is 19.5. The van der Waals surface area contributed by atoms with E-state index in [9.17, 15) is 13.2 Å². The van der Waals surface area contributed by atoms with E-state index in [-0.39, 0.29) is 17.2 Å². The second-order valence-corrected chi connectivity index (χ2v) is 10.4. The first-order chi connectivity index (χ1) is 15.8. The first kappa shape index (κ1) is 25.2. The Morgan fingerprint density at radius 1 is 1.09 bits per heavy atom. The highest BCUT2D eigenvalue weighted by Gasteiger charge is 2.19. The summed E-state index contributed by atoms with van der Waals surface area (Å²) >= 11 is 0. The molecule has 33 heavy (non-hydrogen) atoms. The third-order valence-electron chi connectivity index (χ3n) is 5.67. The largest absolute Gasteiger partial charge is 0.496 e.